The molecule has 1 aromatic carbocycles. The molecule has 1 heterocycles. The van der Waals surface area contributed by atoms with Gasteiger partial charge in [0.15, 0.2) is 0 Å². The Hall–Kier alpha value is -0.0700. The fourth-order valence-corrected chi connectivity index (χ4v) is 2.52. The molecule has 0 saturated carbocycles. The van der Waals surface area contributed by atoms with Crippen molar-refractivity contribution in [2.75, 3.05) is 32.9 Å². The lowest BCUT2D eigenvalue weighted by atomic mass is 10.0. The summed E-state index contributed by atoms with van der Waals surface area (Å²) in [7, 11) is 0. The highest BCUT2D eigenvalue weighted by Gasteiger charge is 2.24. The molecule has 0 unspecified atom stereocenters. The van der Waals surface area contributed by atoms with Gasteiger partial charge in [-0.05, 0) is 12.1 Å². The first-order valence-corrected chi connectivity index (χ1v) is 6.51. The van der Waals surface area contributed by atoms with Crippen LogP contribution in [0.1, 0.15) is 11.6 Å². The van der Waals surface area contributed by atoms with Crippen molar-refractivity contribution in [1.82, 2.24) is 10.2 Å². The van der Waals surface area contributed by atoms with Crippen LogP contribution in [0, 0.1) is 0 Å². The highest BCUT2D eigenvalue weighted by molar-refractivity contribution is 9.10. The number of phenols is 1. The number of benzene rings is 1. The molecule has 2 rings (SSSR count). The van der Waals surface area contributed by atoms with Crippen LogP contribution in [-0.4, -0.2) is 42.9 Å². The van der Waals surface area contributed by atoms with Crippen LogP contribution in [0.2, 0.25) is 0 Å². The molecule has 110 valence electrons. The van der Waals surface area contributed by atoms with E-state index in [-0.39, 0.29) is 36.6 Å². The molecule has 1 atom stereocenters. The van der Waals surface area contributed by atoms with Crippen molar-refractivity contribution in [3.8, 4) is 5.75 Å². The highest BCUT2D eigenvalue weighted by atomic mass is 79.9. The molecular formula is C12H18BrCl2FN2O. The predicted molar refractivity (Wildman–Crippen MR) is 83.5 cm³/mol. The number of aromatic hydroxyl groups is 1. The van der Waals surface area contributed by atoms with Crippen molar-refractivity contribution >= 4 is 40.7 Å². The van der Waals surface area contributed by atoms with Crippen molar-refractivity contribution in [3.05, 3.63) is 28.2 Å². The van der Waals surface area contributed by atoms with Crippen molar-refractivity contribution < 1.29 is 9.50 Å². The maximum absolute atomic E-state index is 13.2. The summed E-state index contributed by atoms with van der Waals surface area (Å²) in [5, 5.41) is 13.1. The van der Waals surface area contributed by atoms with Crippen molar-refractivity contribution in [2.45, 2.75) is 6.04 Å². The zero-order valence-corrected chi connectivity index (χ0v) is 13.5. The molecule has 0 bridgehead atoms. The first-order valence-electron chi connectivity index (χ1n) is 5.71. The summed E-state index contributed by atoms with van der Waals surface area (Å²) >= 11 is 3.29. The Bertz CT molecular complexity index is 392. The van der Waals surface area contributed by atoms with E-state index in [1.807, 2.05) is 6.07 Å². The number of hydrogen-bond donors (Lipinski definition) is 2. The van der Waals surface area contributed by atoms with Gasteiger partial charge in [-0.1, -0.05) is 22.0 Å². The number of piperazine rings is 1. The number of phenolic OH excluding ortho intramolecular Hbond substituents is 1. The molecule has 1 fully saturated rings. The summed E-state index contributed by atoms with van der Waals surface area (Å²) in [5.74, 6) is 0.153. The Balaban J connectivity index is 0.00000162. The summed E-state index contributed by atoms with van der Waals surface area (Å²) in [6, 6.07) is 4.89. The Kier molecular flexibility index (Phi) is 8.94. The first kappa shape index (κ1) is 18.9. The van der Waals surface area contributed by atoms with Crippen LogP contribution >= 0.6 is 40.7 Å². The van der Waals surface area contributed by atoms with Crippen LogP contribution in [0.25, 0.3) is 0 Å². The highest BCUT2D eigenvalue weighted by Crippen LogP contribution is 2.31. The SMILES string of the molecule is Cl.Cl.Oc1cc(Br)ccc1[C@@H](CF)N1CCNCC1. The standard InChI is InChI=1S/C12H16BrFN2O.2ClH/c13-9-1-2-10(12(17)7-9)11(8-14)16-5-3-15-4-6-16;;/h1-2,7,11,15,17H,3-6,8H2;2*1H/t11-;;/m1../s1. The minimum atomic E-state index is -0.477. The van der Waals surface area contributed by atoms with E-state index in [1.165, 1.54) is 0 Å². The van der Waals surface area contributed by atoms with Crippen LogP contribution in [0.15, 0.2) is 22.7 Å². The molecule has 0 aliphatic carbocycles. The Morgan fingerprint density at radius 1 is 1.32 bits per heavy atom. The molecule has 1 saturated heterocycles. The topological polar surface area (TPSA) is 35.5 Å². The fraction of sp³-hybridized carbons (Fsp3) is 0.500. The molecule has 19 heavy (non-hydrogen) atoms. The van der Waals surface area contributed by atoms with Gasteiger partial charge in [-0.15, -0.1) is 24.8 Å². The van der Waals surface area contributed by atoms with Gasteiger partial charge in [0.25, 0.3) is 0 Å². The van der Waals surface area contributed by atoms with Gasteiger partial charge in [0.2, 0.25) is 0 Å². The summed E-state index contributed by atoms with van der Waals surface area (Å²) in [4.78, 5) is 2.07. The number of hydrogen-bond acceptors (Lipinski definition) is 3. The molecular weight excluding hydrogens is 358 g/mol. The second-order valence-corrected chi connectivity index (χ2v) is 5.07. The minimum absolute atomic E-state index is 0. The third kappa shape index (κ3) is 4.76. The van der Waals surface area contributed by atoms with Crippen LogP contribution in [0.5, 0.6) is 5.75 Å². The summed E-state index contributed by atoms with van der Waals surface area (Å²) < 4.78 is 14.0. The Morgan fingerprint density at radius 3 is 2.47 bits per heavy atom. The first-order chi connectivity index (χ1) is 8.22. The molecule has 3 nitrogen and oxygen atoms in total. The molecule has 0 spiro atoms. The lowest BCUT2D eigenvalue weighted by Gasteiger charge is -2.33. The van der Waals surface area contributed by atoms with Crippen LogP contribution in [-0.2, 0) is 0 Å². The lowest BCUT2D eigenvalue weighted by Crippen LogP contribution is -2.45. The maximum atomic E-state index is 13.2. The van der Waals surface area contributed by atoms with Crippen LogP contribution < -0.4 is 5.32 Å². The van der Waals surface area contributed by atoms with Gasteiger partial charge in [0.05, 0.1) is 6.04 Å². The van der Waals surface area contributed by atoms with Crippen LogP contribution in [0.3, 0.4) is 0 Å². The van der Waals surface area contributed by atoms with E-state index in [1.54, 1.807) is 12.1 Å². The minimum Gasteiger partial charge on any atom is -0.508 e. The van der Waals surface area contributed by atoms with Gasteiger partial charge < -0.3 is 10.4 Å². The number of nitrogens with zero attached hydrogens (tertiary/aromatic N) is 1. The maximum Gasteiger partial charge on any atom is 0.121 e. The number of alkyl halides is 1. The Labute approximate surface area is 133 Å². The molecule has 1 aliphatic heterocycles. The van der Waals surface area contributed by atoms with Gasteiger partial charge in [-0.25, -0.2) is 4.39 Å². The van der Waals surface area contributed by atoms with Gasteiger partial charge in [0, 0.05) is 36.2 Å². The van der Waals surface area contributed by atoms with E-state index in [2.05, 4.69) is 26.1 Å². The van der Waals surface area contributed by atoms with Crippen molar-refractivity contribution in [3.63, 3.8) is 0 Å². The molecule has 0 amide bonds. The summed E-state index contributed by atoms with van der Waals surface area (Å²) in [6.45, 7) is 2.88. The predicted octanol–water partition coefficient (Wildman–Crippen LogP) is 2.91. The molecule has 1 aromatic rings. The molecule has 0 aromatic heterocycles. The van der Waals surface area contributed by atoms with Crippen molar-refractivity contribution in [1.29, 1.82) is 0 Å². The number of nitrogens with one attached hydrogen (secondary N) is 1. The normalized spacial score (nSPS) is 17.2. The van der Waals surface area contributed by atoms with E-state index in [4.69, 9.17) is 0 Å². The van der Waals surface area contributed by atoms with Crippen LogP contribution in [0.4, 0.5) is 4.39 Å². The molecule has 1 aliphatic rings. The van der Waals surface area contributed by atoms with E-state index < -0.39 is 6.67 Å². The average Bonchev–Trinajstić information content (AvgIpc) is 2.34. The second kappa shape index (κ2) is 8.97. The van der Waals surface area contributed by atoms with Gasteiger partial charge in [-0.2, -0.15) is 0 Å². The van der Waals surface area contributed by atoms with Gasteiger partial charge in [-0.3, -0.25) is 4.90 Å². The quantitative estimate of drug-likeness (QED) is 0.852. The third-order valence-corrected chi connectivity index (χ3v) is 3.58. The summed E-state index contributed by atoms with van der Waals surface area (Å²) in [6.07, 6.45) is 0. The number of rotatable bonds is 3. The van der Waals surface area contributed by atoms with E-state index in [9.17, 15) is 9.50 Å². The zero-order valence-electron chi connectivity index (χ0n) is 10.3. The smallest absolute Gasteiger partial charge is 0.121 e. The largest absolute Gasteiger partial charge is 0.508 e. The fourth-order valence-electron chi connectivity index (χ4n) is 2.17. The second-order valence-electron chi connectivity index (χ2n) is 4.16. The average molecular weight is 376 g/mol. The summed E-state index contributed by atoms with van der Waals surface area (Å²) in [5.41, 5.74) is 0.664. The number of halogens is 4. The zero-order chi connectivity index (χ0) is 12.3. The monoisotopic (exact) mass is 374 g/mol. The molecule has 7 heteroatoms. The van der Waals surface area contributed by atoms with E-state index in [0.717, 1.165) is 30.7 Å². The third-order valence-electron chi connectivity index (χ3n) is 3.09. The molecule has 0 radical (unpaired) electrons. The van der Waals surface area contributed by atoms with Gasteiger partial charge >= 0.3 is 0 Å². The Morgan fingerprint density at radius 2 is 1.95 bits per heavy atom. The van der Waals surface area contributed by atoms with E-state index in [0.29, 0.717) is 5.56 Å². The molecule has 2 N–H and O–H groups in total. The van der Waals surface area contributed by atoms with Crippen molar-refractivity contribution in [2.24, 2.45) is 0 Å². The lowest BCUT2D eigenvalue weighted by molar-refractivity contribution is 0.145. The van der Waals surface area contributed by atoms with E-state index >= 15 is 0 Å². The van der Waals surface area contributed by atoms with Gasteiger partial charge in [0.1, 0.15) is 12.4 Å².